The van der Waals surface area contributed by atoms with Gasteiger partial charge in [-0.3, -0.25) is 9.59 Å². The summed E-state index contributed by atoms with van der Waals surface area (Å²) in [6.07, 6.45) is 5.10. The molecule has 2 saturated heterocycles. The Morgan fingerprint density at radius 2 is 1.48 bits per heavy atom. The number of nitrogens with one attached hydrogen (secondary N) is 2. The lowest BCUT2D eigenvalue weighted by molar-refractivity contribution is -0.133. The second-order valence-corrected chi connectivity index (χ2v) is 12.3. The summed E-state index contributed by atoms with van der Waals surface area (Å²) in [5, 5.41) is 9.02. The maximum atomic E-state index is 14.2. The van der Waals surface area contributed by atoms with Crippen molar-refractivity contribution >= 4 is 22.6 Å². The highest BCUT2D eigenvalue weighted by atomic mass is 16.2. The Balaban J connectivity index is 1.16. The summed E-state index contributed by atoms with van der Waals surface area (Å²) < 4.78 is 0. The summed E-state index contributed by atoms with van der Waals surface area (Å²) in [5.41, 5.74) is 3.09. The highest BCUT2D eigenvalue weighted by molar-refractivity contribution is 5.98. The molecule has 0 bridgehead atoms. The minimum absolute atomic E-state index is 0.0112. The zero-order valence-corrected chi connectivity index (χ0v) is 25.5. The summed E-state index contributed by atoms with van der Waals surface area (Å²) in [5.74, 6) is 0.186. The molecule has 2 aliphatic heterocycles. The van der Waals surface area contributed by atoms with Gasteiger partial charge in [-0.05, 0) is 85.8 Å². The van der Waals surface area contributed by atoms with Crippen LogP contribution in [-0.4, -0.2) is 73.0 Å². The van der Waals surface area contributed by atoms with Gasteiger partial charge < -0.3 is 20.4 Å². The Kier molecular flexibility index (Phi) is 10.0. The molecule has 4 aromatic rings. The highest BCUT2D eigenvalue weighted by Crippen LogP contribution is 2.27. The first kappa shape index (κ1) is 30.0. The van der Waals surface area contributed by atoms with Crippen molar-refractivity contribution in [2.75, 3.05) is 39.3 Å². The normalized spacial score (nSPS) is 19.4. The van der Waals surface area contributed by atoms with Crippen molar-refractivity contribution in [1.82, 2.24) is 20.4 Å². The number of benzene rings is 4. The van der Waals surface area contributed by atoms with E-state index in [-0.39, 0.29) is 29.8 Å². The number of hydrogen-bond donors (Lipinski definition) is 2. The molecule has 6 rings (SSSR count). The average Bonchev–Trinajstić information content (AvgIpc) is 3.55. The third kappa shape index (κ3) is 7.55. The summed E-state index contributed by atoms with van der Waals surface area (Å²) in [6.45, 7) is 5.13. The quantitative estimate of drug-likeness (QED) is 0.231. The molecule has 2 fully saturated rings. The largest absolute Gasteiger partial charge is 0.350 e. The van der Waals surface area contributed by atoms with Crippen molar-refractivity contribution < 1.29 is 9.59 Å². The number of carbonyl (C=O) groups is 2. The van der Waals surface area contributed by atoms with E-state index in [2.05, 4.69) is 75.0 Å². The molecule has 2 atom stereocenters. The third-order valence-electron chi connectivity index (χ3n) is 9.29. The van der Waals surface area contributed by atoms with E-state index in [1.165, 1.54) is 24.0 Å². The molecule has 2 amide bonds. The molecule has 0 unspecified atom stereocenters. The van der Waals surface area contributed by atoms with Crippen LogP contribution in [0.25, 0.3) is 10.8 Å². The van der Waals surface area contributed by atoms with Crippen molar-refractivity contribution in [1.29, 1.82) is 0 Å². The van der Waals surface area contributed by atoms with Crippen molar-refractivity contribution in [3.8, 4) is 0 Å². The van der Waals surface area contributed by atoms with Crippen LogP contribution in [0.5, 0.6) is 0 Å². The molecular weight excluding hydrogens is 544 g/mol. The van der Waals surface area contributed by atoms with Crippen molar-refractivity contribution in [3.63, 3.8) is 0 Å². The first-order valence-corrected chi connectivity index (χ1v) is 16.3. The second kappa shape index (κ2) is 14.7. The van der Waals surface area contributed by atoms with Crippen LogP contribution in [0.15, 0.2) is 103 Å². The lowest BCUT2D eigenvalue weighted by Gasteiger charge is -2.29. The summed E-state index contributed by atoms with van der Waals surface area (Å²) >= 11 is 0. The van der Waals surface area contributed by atoms with E-state index >= 15 is 0 Å². The van der Waals surface area contributed by atoms with Crippen LogP contribution in [0.3, 0.4) is 0 Å². The molecule has 6 heteroatoms. The van der Waals surface area contributed by atoms with E-state index in [0.717, 1.165) is 49.7 Å². The molecule has 2 aliphatic rings. The second-order valence-electron chi connectivity index (χ2n) is 12.3. The molecule has 228 valence electrons. The Hall–Kier alpha value is -4.00. The van der Waals surface area contributed by atoms with Crippen LogP contribution >= 0.6 is 0 Å². The maximum Gasteiger partial charge on any atom is 0.251 e. The van der Waals surface area contributed by atoms with Gasteiger partial charge in [0.15, 0.2) is 0 Å². The number of rotatable bonds is 11. The highest BCUT2D eigenvalue weighted by Gasteiger charge is 2.32. The Morgan fingerprint density at radius 1 is 0.818 bits per heavy atom. The van der Waals surface area contributed by atoms with E-state index in [1.54, 1.807) is 0 Å². The number of hydrogen-bond acceptors (Lipinski definition) is 4. The fourth-order valence-electron chi connectivity index (χ4n) is 6.80. The molecule has 2 N–H and O–H groups in total. The standard InChI is InChI=1S/C38H44N4O2/c43-37(33-20-19-29-12-7-8-17-32(29)26-33)39-27-34-21-25-42(38(44)36(40-34)18-11-24-41-22-9-10-23-41)28-35(30-13-3-1-4-14-30)31-15-5-2-6-16-31/h1-8,12-17,19-20,26,34-36,40H,9-11,18,21-25,27-28H2,(H,39,43)/t34-,36-/m0/s1. The summed E-state index contributed by atoms with van der Waals surface area (Å²) in [4.78, 5) is 31.9. The van der Waals surface area contributed by atoms with Crippen molar-refractivity contribution in [2.24, 2.45) is 0 Å². The van der Waals surface area contributed by atoms with Gasteiger partial charge in [-0.25, -0.2) is 0 Å². The SMILES string of the molecule is O=C(NC[C@@H]1CCN(CC(c2ccccc2)c2ccccc2)C(=O)[C@H](CCCN2CCCC2)N1)c1ccc2ccccc2c1. The molecule has 0 aliphatic carbocycles. The number of carbonyl (C=O) groups excluding carboxylic acids is 2. The molecular formula is C38H44N4O2. The monoisotopic (exact) mass is 588 g/mol. The molecule has 0 aromatic heterocycles. The van der Waals surface area contributed by atoms with Crippen LogP contribution in [-0.2, 0) is 4.79 Å². The first-order chi connectivity index (χ1) is 21.6. The third-order valence-corrected chi connectivity index (χ3v) is 9.29. The Morgan fingerprint density at radius 3 is 2.18 bits per heavy atom. The van der Waals surface area contributed by atoms with E-state index < -0.39 is 0 Å². The summed E-state index contributed by atoms with van der Waals surface area (Å²) in [7, 11) is 0. The van der Waals surface area contributed by atoms with Gasteiger partial charge in [0.25, 0.3) is 5.91 Å². The van der Waals surface area contributed by atoms with Gasteiger partial charge in [0, 0.05) is 37.2 Å². The average molecular weight is 589 g/mol. The van der Waals surface area contributed by atoms with Gasteiger partial charge in [0.2, 0.25) is 5.91 Å². The van der Waals surface area contributed by atoms with Crippen LogP contribution in [0, 0.1) is 0 Å². The van der Waals surface area contributed by atoms with Crippen LogP contribution in [0.1, 0.15) is 59.5 Å². The molecule has 6 nitrogen and oxygen atoms in total. The van der Waals surface area contributed by atoms with Gasteiger partial charge in [-0.15, -0.1) is 0 Å². The van der Waals surface area contributed by atoms with Gasteiger partial charge >= 0.3 is 0 Å². The van der Waals surface area contributed by atoms with E-state index in [4.69, 9.17) is 0 Å². The summed E-state index contributed by atoms with van der Waals surface area (Å²) in [6, 6.07) is 34.7. The predicted octanol–water partition coefficient (Wildman–Crippen LogP) is 5.84. The van der Waals surface area contributed by atoms with Crippen molar-refractivity contribution in [2.45, 2.75) is 50.1 Å². The van der Waals surface area contributed by atoms with E-state index in [9.17, 15) is 9.59 Å². The number of nitrogens with zero attached hydrogens (tertiary/aromatic N) is 2. The van der Waals surface area contributed by atoms with Crippen LogP contribution < -0.4 is 10.6 Å². The zero-order chi connectivity index (χ0) is 30.1. The molecule has 4 aromatic carbocycles. The smallest absolute Gasteiger partial charge is 0.251 e. The number of fused-ring (bicyclic) bond motifs is 1. The molecule has 0 radical (unpaired) electrons. The maximum absolute atomic E-state index is 14.2. The Bertz CT molecular complexity index is 1480. The number of amides is 2. The molecule has 0 saturated carbocycles. The minimum Gasteiger partial charge on any atom is -0.350 e. The zero-order valence-electron chi connectivity index (χ0n) is 25.5. The first-order valence-electron chi connectivity index (χ1n) is 16.3. The minimum atomic E-state index is -0.269. The fourth-order valence-corrected chi connectivity index (χ4v) is 6.80. The van der Waals surface area contributed by atoms with Gasteiger partial charge in [-0.1, -0.05) is 91.0 Å². The van der Waals surface area contributed by atoms with E-state index in [1.807, 2.05) is 48.5 Å². The van der Waals surface area contributed by atoms with Gasteiger partial charge in [0.05, 0.1) is 6.04 Å². The Labute approximate surface area is 261 Å². The molecule has 2 heterocycles. The fraction of sp³-hybridized carbons (Fsp3) is 0.368. The van der Waals surface area contributed by atoms with Crippen molar-refractivity contribution in [3.05, 3.63) is 120 Å². The lowest BCUT2D eigenvalue weighted by atomic mass is 9.90. The lowest BCUT2D eigenvalue weighted by Crippen LogP contribution is -2.49. The van der Waals surface area contributed by atoms with Gasteiger partial charge in [0.1, 0.15) is 0 Å². The number of likely N-dealkylation sites (tertiary alicyclic amines) is 1. The van der Waals surface area contributed by atoms with Gasteiger partial charge in [-0.2, -0.15) is 0 Å². The van der Waals surface area contributed by atoms with Crippen LogP contribution in [0.2, 0.25) is 0 Å². The van der Waals surface area contributed by atoms with Crippen LogP contribution in [0.4, 0.5) is 0 Å². The van der Waals surface area contributed by atoms with E-state index in [0.29, 0.717) is 25.2 Å². The predicted molar refractivity (Wildman–Crippen MR) is 178 cm³/mol. The topological polar surface area (TPSA) is 64.7 Å². The molecule has 44 heavy (non-hydrogen) atoms. The molecule has 0 spiro atoms.